The number of ether oxygens (including phenoxy) is 1. The Hall–Kier alpha value is -3.50. The van der Waals surface area contributed by atoms with Crippen LogP contribution in [0.15, 0.2) is 58.9 Å². The smallest absolute Gasteiger partial charge is 0.273 e. The first kappa shape index (κ1) is 20.8. The van der Waals surface area contributed by atoms with Crippen LogP contribution in [0.2, 0.25) is 0 Å². The monoisotopic (exact) mass is 452 g/mol. The van der Waals surface area contributed by atoms with Crippen LogP contribution in [0.25, 0.3) is 6.08 Å². The zero-order valence-corrected chi connectivity index (χ0v) is 17.9. The maximum Gasteiger partial charge on any atom is 0.273 e. The number of thioether (sulfide) groups is 1. The van der Waals surface area contributed by atoms with E-state index >= 15 is 0 Å². The van der Waals surface area contributed by atoms with E-state index in [9.17, 15) is 14.9 Å². The van der Waals surface area contributed by atoms with Crippen LogP contribution in [0, 0.1) is 22.4 Å². The molecule has 0 atom stereocenters. The van der Waals surface area contributed by atoms with Gasteiger partial charge in [0.05, 0.1) is 9.83 Å². The van der Waals surface area contributed by atoms with Gasteiger partial charge in [-0.05, 0) is 42.0 Å². The third-order valence-corrected chi connectivity index (χ3v) is 6.21. The molecule has 0 aliphatic carbocycles. The molecule has 2 heterocycles. The first-order chi connectivity index (χ1) is 14.9. The summed E-state index contributed by atoms with van der Waals surface area (Å²) in [5, 5.41) is 21.6. The normalized spacial score (nSPS) is 15.0. The highest BCUT2D eigenvalue weighted by molar-refractivity contribution is 8.19. The standard InChI is InChI=1S/C21H16N4O4S2/c1-13-4-2-3-5-14(13)12-29-17-7-6-16(25(27)28)10-15(17)11-18-19(26)24(20(22)31-18)21-23-8-9-30-21/h2-11,22H,12H2,1H3/b18-11-,22-20?. The van der Waals surface area contributed by atoms with Crippen LogP contribution in [0.4, 0.5) is 10.8 Å². The number of amides is 1. The molecule has 8 nitrogen and oxygen atoms in total. The predicted octanol–water partition coefficient (Wildman–Crippen LogP) is 4.99. The highest BCUT2D eigenvalue weighted by Crippen LogP contribution is 2.37. The Morgan fingerprint density at radius 2 is 2.10 bits per heavy atom. The van der Waals surface area contributed by atoms with Gasteiger partial charge in [0.2, 0.25) is 0 Å². The number of rotatable bonds is 6. The zero-order chi connectivity index (χ0) is 22.0. The van der Waals surface area contributed by atoms with Crippen molar-refractivity contribution in [1.29, 1.82) is 5.41 Å². The molecule has 31 heavy (non-hydrogen) atoms. The molecule has 156 valence electrons. The number of nitrogens with one attached hydrogen (secondary N) is 1. The number of nitro groups is 1. The van der Waals surface area contributed by atoms with E-state index < -0.39 is 10.8 Å². The number of hydrogen-bond donors (Lipinski definition) is 1. The number of carbonyl (C=O) groups excluding carboxylic acids is 1. The van der Waals surface area contributed by atoms with Gasteiger partial charge in [0.1, 0.15) is 12.4 Å². The van der Waals surface area contributed by atoms with Crippen LogP contribution in [-0.2, 0) is 11.4 Å². The van der Waals surface area contributed by atoms with Gasteiger partial charge in [0.15, 0.2) is 10.3 Å². The Bertz CT molecular complexity index is 1210. The molecular formula is C21H16N4O4S2. The summed E-state index contributed by atoms with van der Waals surface area (Å²) in [6, 6.07) is 12.0. The SMILES string of the molecule is Cc1ccccc1COc1ccc([N+](=O)[O-])cc1/C=C1\SC(=N)N(c2nccs2)C1=O. The van der Waals surface area contributed by atoms with Gasteiger partial charge in [-0.2, -0.15) is 0 Å². The lowest BCUT2D eigenvalue weighted by Gasteiger charge is -2.11. The Labute approximate surface area is 185 Å². The number of aromatic nitrogens is 1. The fraction of sp³-hybridized carbons (Fsp3) is 0.0952. The summed E-state index contributed by atoms with van der Waals surface area (Å²) in [5.74, 6) is 0.00953. The Morgan fingerprint density at radius 3 is 2.81 bits per heavy atom. The Kier molecular flexibility index (Phi) is 5.83. The molecule has 1 amide bonds. The van der Waals surface area contributed by atoms with E-state index in [1.807, 2.05) is 31.2 Å². The quantitative estimate of drug-likeness (QED) is 0.320. The summed E-state index contributed by atoms with van der Waals surface area (Å²) >= 11 is 2.23. The molecule has 0 unspecified atom stereocenters. The van der Waals surface area contributed by atoms with Gasteiger partial charge in [-0.15, -0.1) is 11.3 Å². The molecule has 0 spiro atoms. The predicted molar refractivity (Wildman–Crippen MR) is 122 cm³/mol. The van der Waals surface area contributed by atoms with Crippen LogP contribution in [0.3, 0.4) is 0 Å². The lowest BCUT2D eigenvalue weighted by atomic mass is 10.1. The lowest BCUT2D eigenvalue weighted by Crippen LogP contribution is -2.27. The van der Waals surface area contributed by atoms with E-state index in [0.29, 0.717) is 16.4 Å². The fourth-order valence-electron chi connectivity index (χ4n) is 2.95. The first-order valence-corrected chi connectivity index (χ1v) is 10.8. The number of benzene rings is 2. The maximum absolute atomic E-state index is 12.9. The van der Waals surface area contributed by atoms with Crippen LogP contribution in [0.1, 0.15) is 16.7 Å². The first-order valence-electron chi connectivity index (χ1n) is 9.12. The second-order valence-electron chi connectivity index (χ2n) is 6.57. The maximum atomic E-state index is 12.9. The molecule has 1 saturated heterocycles. The molecule has 1 aliphatic heterocycles. The molecule has 1 N–H and O–H groups in total. The fourth-order valence-corrected chi connectivity index (χ4v) is 4.49. The molecule has 3 aromatic rings. The van der Waals surface area contributed by atoms with E-state index in [1.54, 1.807) is 11.6 Å². The van der Waals surface area contributed by atoms with Crippen molar-refractivity contribution in [1.82, 2.24) is 4.98 Å². The highest BCUT2D eigenvalue weighted by Gasteiger charge is 2.35. The summed E-state index contributed by atoms with van der Waals surface area (Å²) in [4.78, 5) is 29.2. The summed E-state index contributed by atoms with van der Waals surface area (Å²) in [6.45, 7) is 2.26. The summed E-state index contributed by atoms with van der Waals surface area (Å²) in [5.41, 5.74) is 2.34. The van der Waals surface area contributed by atoms with E-state index in [1.165, 1.54) is 40.5 Å². The number of non-ortho nitro benzene ring substituents is 1. The van der Waals surface area contributed by atoms with E-state index in [-0.39, 0.29) is 22.4 Å². The molecule has 2 aromatic carbocycles. The molecule has 0 radical (unpaired) electrons. The van der Waals surface area contributed by atoms with Crippen molar-refractivity contribution in [3.63, 3.8) is 0 Å². The van der Waals surface area contributed by atoms with Crippen LogP contribution < -0.4 is 9.64 Å². The molecule has 1 aromatic heterocycles. The summed E-state index contributed by atoms with van der Waals surface area (Å²) in [7, 11) is 0. The van der Waals surface area contributed by atoms with Crippen LogP contribution in [-0.4, -0.2) is 21.0 Å². The second-order valence-corrected chi connectivity index (χ2v) is 8.47. The van der Waals surface area contributed by atoms with Gasteiger partial charge in [0.25, 0.3) is 11.6 Å². The van der Waals surface area contributed by atoms with Crippen molar-refractivity contribution in [2.24, 2.45) is 0 Å². The van der Waals surface area contributed by atoms with Gasteiger partial charge >= 0.3 is 0 Å². The largest absolute Gasteiger partial charge is 0.488 e. The van der Waals surface area contributed by atoms with Gasteiger partial charge in [0, 0.05) is 29.3 Å². The van der Waals surface area contributed by atoms with Gasteiger partial charge in [-0.25, -0.2) is 9.88 Å². The molecule has 1 fully saturated rings. The van der Waals surface area contributed by atoms with Gasteiger partial charge in [-0.3, -0.25) is 20.3 Å². The van der Waals surface area contributed by atoms with Crippen LogP contribution >= 0.6 is 23.1 Å². The molecule has 10 heteroatoms. The van der Waals surface area contributed by atoms with Crippen molar-refractivity contribution in [3.05, 3.63) is 85.8 Å². The number of nitrogens with zero attached hydrogens (tertiary/aromatic N) is 3. The van der Waals surface area contributed by atoms with E-state index in [4.69, 9.17) is 10.1 Å². The van der Waals surface area contributed by atoms with Crippen molar-refractivity contribution in [2.45, 2.75) is 13.5 Å². The van der Waals surface area contributed by atoms with E-state index in [2.05, 4.69) is 4.98 Å². The third-order valence-electron chi connectivity index (χ3n) is 4.57. The molecule has 0 saturated carbocycles. The minimum Gasteiger partial charge on any atom is -0.488 e. The minimum atomic E-state index is -0.499. The average molecular weight is 453 g/mol. The summed E-state index contributed by atoms with van der Waals surface area (Å²) in [6.07, 6.45) is 3.08. The number of amidine groups is 1. The average Bonchev–Trinajstić information content (AvgIpc) is 3.36. The Morgan fingerprint density at radius 1 is 1.29 bits per heavy atom. The number of thiazole rings is 1. The third kappa shape index (κ3) is 4.35. The van der Waals surface area contributed by atoms with Crippen molar-refractivity contribution >= 4 is 51.1 Å². The van der Waals surface area contributed by atoms with Crippen molar-refractivity contribution in [2.75, 3.05) is 4.90 Å². The topological polar surface area (TPSA) is 109 Å². The zero-order valence-electron chi connectivity index (χ0n) is 16.3. The Balaban J connectivity index is 1.67. The van der Waals surface area contributed by atoms with Gasteiger partial charge < -0.3 is 4.74 Å². The number of anilines is 1. The lowest BCUT2D eigenvalue weighted by molar-refractivity contribution is -0.384. The minimum absolute atomic E-state index is 0.0269. The molecular weight excluding hydrogens is 436 g/mol. The second kappa shape index (κ2) is 8.70. The van der Waals surface area contributed by atoms with Crippen molar-refractivity contribution in [3.8, 4) is 5.75 Å². The number of nitro benzene ring substituents is 1. The number of hydrogen-bond acceptors (Lipinski definition) is 8. The highest BCUT2D eigenvalue weighted by atomic mass is 32.2. The molecule has 4 rings (SSSR count). The number of aryl methyl sites for hydroxylation is 1. The van der Waals surface area contributed by atoms with Crippen LogP contribution in [0.5, 0.6) is 5.75 Å². The van der Waals surface area contributed by atoms with Crippen molar-refractivity contribution < 1.29 is 14.5 Å². The molecule has 1 aliphatic rings. The molecule has 0 bridgehead atoms. The van der Waals surface area contributed by atoms with Gasteiger partial charge in [-0.1, -0.05) is 24.3 Å². The van der Waals surface area contributed by atoms with E-state index in [0.717, 1.165) is 22.9 Å². The number of carbonyl (C=O) groups is 1. The summed E-state index contributed by atoms with van der Waals surface area (Å²) < 4.78 is 5.94.